The molecule has 28 heavy (non-hydrogen) atoms. The third-order valence-corrected chi connectivity index (χ3v) is 8.94. The highest BCUT2D eigenvalue weighted by Gasteiger charge is 2.58. The van der Waals surface area contributed by atoms with Crippen molar-refractivity contribution in [2.24, 2.45) is 40.9 Å². The van der Waals surface area contributed by atoms with E-state index in [1.54, 1.807) is 17.7 Å². The summed E-state index contributed by atoms with van der Waals surface area (Å²) in [5.74, 6) is 5.11. The molecular formula is C27H41N. The number of allylic oxidation sites excluding steroid dienone is 5. The van der Waals surface area contributed by atoms with Crippen molar-refractivity contribution in [3.8, 4) is 0 Å². The first-order valence-electron chi connectivity index (χ1n) is 11.7. The van der Waals surface area contributed by atoms with Crippen LogP contribution < -0.4 is 0 Å². The van der Waals surface area contributed by atoms with Gasteiger partial charge in [-0.05, 0) is 98.4 Å². The summed E-state index contributed by atoms with van der Waals surface area (Å²) in [7, 11) is 0. The molecule has 154 valence electrons. The van der Waals surface area contributed by atoms with E-state index in [0.717, 1.165) is 41.7 Å². The number of hydrogen-bond acceptors (Lipinski definition) is 1. The molecule has 0 aromatic carbocycles. The van der Waals surface area contributed by atoms with Crippen LogP contribution in [0.4, 0.5) is 0 Å². The van der Waals surface area contributed by atoms with Gasteiger partial charge in [-0.1, -0.05) is 57.2 Å². The minimum absolute atomic E-state index is 0.639. The fourth-order valence-corrected chi connectivity index (χ4v) is 7.82. The van der Waals surface area contributed by atoms with Crippen molar-refractivity contribution in [1.29, 1.82) is 5.41 Å². The van der Waals surface area contributed by atoms with E-state index in [-0.39, 0.29) is 0 Å². The number of fused-ring (bicyclic) bond motifs is 5. The molecule has 4 aliphatic rings. The zero-order valence-corrected chi connectivity index (χ0v) is 18.3. The largest absolute Gasteiger partial charge is 0.305 e. The molecule has 1 heteroatoms. The molecule has 3 fully saturated rings. The van der Waals surface area contributed by atoms with Gasteiger partial charge in [-0.3, -0.25) is 0 Å². The molecule has 7 atom stereocenters. The second-order valence-electron chi connectivity index (χ2n) is 9.62. The molecule has 4 aliphatic carbocycles. The molecule has 4 rings (SSSR count). The van der Waals surface area contributed by atoms with Gasteiger partial charge in [0.1, 0.15) is 0 Å². The minimum Gasteiger partial charge on any atom is -0.305 e. The third kappa shape index (κ3) is 3.51. The number of rotatable bonds is 4. The second-order valence-corrected chi connectivity index (χ2v) is 9.62. The highest BCUT2D eigenvalue weighted by atomic mass is 14.6. The van der Waals surface area contributed by atoms with Crippen molar-refractivity contribution in [3.05, 3.63) is 49.6 Å². The lowest BCUT2D eigenvalue weighted by Gasteiger charge is -2.57. The van der Waals surface area contributed by atoms with E-state index in [2.05, 4.69) is 45.7 Å². The zero-order chi connectivity index (χ0) is 20.3. The van der Waals surface area contributed by atoms with Crippen LogP contribution in [0.2, 0.25) is 0 Å². The van der Waals surface area contributed by atoms with E-state index in [1.165, 1.54) is 51.4 Å². The summed E-state index contributed by atoms with van der Waals surface area (Å²) in [6.45, 7) is 15.9. The van der Waals surface area contributed by atoms with Gasteiger partial charge in [0.15, 0.2) is 0 Å². The Hall–Kier alpha value is -1.37. The van der Waals surface area contributed by atoms with E-state index in [9.17, 15) is 0 Å². The molecule has 0 radical (unpaired) electrons. The summed E-state index contributed by atoms with van der Waals surface area (Å²) in [5, 5.41) is 8.09. The molecule has 1 nitrogen and oxygen atoms in total. The molecule has 1 N–H and O–H groups in total. The molecule has 0 aromatic rings. The summed E-state index contributed by atoms with van der Waals surface area (Å²) in [6.07, 6.45) is 19.9. The van der Waals surface area contributed by atoms with Gasteiger partial charge in [0.25, 0.3) is 0 Å². The summed E-state index contributed by atoms with van der Waals surface area (Å²) < 4.78 is 0. The Balaban J connectivity index is 0.000000516. The molecule has 0 aromatic heterocycles. The SMILES string of the molecule is C=CC1CC2=CC(=N)CCC2C2CCC3(CC)C(CC)CCC3C12.C=CC=C. The quantitative estimate of drug-likeness (QED) is 0.381. The van der Waals surface area contributed by atoms with Crippen LogP contribution in [0.5, 0.6) is 0 Å². The van der Waals surface area contributed by atoms with Gasteiger partial charge < -0.3 is 5.41 Å². The maximum absolute atomic E-state index is 8.09. The Kier molecular flexibility index (Phi) is 6.84. The molecule has 7 unspecified atom stereocenters. The van der Waals surface area contributed by atoms with Crippen molar-refractivity contribution in [2.45, 2.75) is 71.6 Å². The van der Waals surface area contributed by atoms with Gasteiger partial charge in [0.05, 0.1) is 0 Å². The van der Waals surface area contributed by atoms with Crippen LogP contribution in [0.25, 0.3) is 0 Å². The summed E-state index contributed by atoms with van der Waals surface area (Å²) in [4.78, 5) is 0. The fourth-order valence-electron chi connectivity index (χ4n) is 7.82. The van der Waals surface area contributed by atoms with E-state index < -0.39 is 0 Å². The van der Waals surface area contributed by atoms with Crippen molar-refractivity contribution >= 4 is 5.71 Å². The number of hydrogen-bond donors (Lipinski definition) is 1. The third-order valence-electron chi connectivity index (χ3n) is 8.94. The molecule has 0 heterocycles. The lowest BCUT2D eigenvalue weighted by molar-refractivity contribution is -0.0515. The summed E-state index contributed by atoms with van der Waals surface area (Å²) in [6, 6.07) is 0. The molecule has 0 aliphatic heterocycles. The Morgan fingerprint density at radius 1 is 1.11 bits per heavy atom. The fraction of sp³-hybridized carbons (Fsp3) is 0.667. The van der Waals surface area contributed by atoms with Crippen LogP contribution >= 0.6 is 0 Å². The highest BCUT2D eigenvalue weighted by Crippen LogP contribution is 2.66. The van der Waals surface area contributed by atoms with Crippen molar-refractivity contribution < 1.29 is 0 Å². The van der Waals surface area contributed by atoms with Crippen LogP contribution in [0.1, 0.15) is 71.6 Å². The lowest BCUT2D eigenvalue weighted by Crippen LogP contribution is -2.50. The predicted octanol–water partition coefficient (Wildman–Crippen LogP) is 7.77. The Morgan fingerprint density at radius 2 is 1.86 bits per heavy atom. The molecule has 3 saturated carbocycles. The van der Waals surface area contributed by atoms with Gasteiger partial charge >= 0.3 is 0 Å². The molecule has 0 amide bonds. The highest BCUT2D eigenvalue weighted by molar-refractivity contribution is 5.93. The predicted molar refractivity (Wildman–Crippen MR) is 123 cm³/mol. The first-order chi connectivity index (χ1) is 13.6. The Morgan fingerprint density at radius 3 is 2.46 bits per heavy atom. The average molecular weight is 380 g/mol. The van der Waals surface area contributed by atoms with Gasteiger partial charge in [-0.2, -0.15) is 0 Å². The first kappa shape index (κ1) is 21.3. The first-order valence-corrected chi connectivity index (χ1v) is 11.7. The van der Waals surface area contributed by atoms with Gasteiger partial charge in [-0.25, -0.2) is 0 Å². The average Bonchev–Trinajstić information content (AvgIpc) is 3.11. The smallest absolute Gasteiger partial charge is 0.0313 e. The van der Waals surface area contributed by atoms with Crippen molar-refractivity contribution in [1.82, 2.24) is 0 Å². The monoisotopic (exact) mass is 379 g/mol. The molecule has 0 bridgehead atoms. The van der Waals surface area contributed by atoms with E-state index in [1.807, 2.05) is 0 Å². The van der Waals surface area contributed by atoms with Gasteiger partial charge in [0, 0.05) is 5.71 Å². The zero-order valence-electron chi connectivity index (χ0n) is 18.3. The maximum Gasteiger partial charge on any atom is 0.0313 e. The van der Waals surface area contributed by atoms with Crippen LogP contribution in [0.15, 0.2) is 49.6 Å². The van der Waals surface area contributed by atoms with Crippen LogP contribution in [-0.2, 0) is 0 Å². The molecular weight excluding hydrogens is 338 g/mol. The van der Waals surface area contributed by atoms with Gasteiger partial charge in [0.2, 0.25) is 0 Å². The van der Waals surface area contributed by atoms with E-state index in [4.69, 9.17) is 5.41 Å². The second kappa shape index (κ2) is 8.97. The normalized spacial score (nSPS) is 41.4. The Labute approximate surface area is 173 Å². The standard InChI is InChI=1S/C23H35N.C4H6/c1-4-15-13-16-14-18(24)8-9-19(16)20-11-12-23(6-3)17(5-2)7-10-21(23)22(15)20;1-3-4-2/h4,14-15,17,19-22,24H,1,5-13H2,2-3H3;3-4H,1-2H2. The maximum atomic E-state index is 8.09. The summed E-state index contributed by atoms with van der Waals surface area (Å²) >= 11 is 0. The van der Waals surface area contributed by atoms with Crippen LogP contribution in [0, 0.1) is 46.3 Å². The topological polar surface area (TPSA) is 23.9 Å². The lowest BCUT2D eigenvalue weighted by atomic mass is 9.47. The van der Waals surface area contributed by atoms with Crippen molar-refractivity contribution in [2.75, 3.05) is 0 Å². The van der Waals surface area contributed by atoms with Crippen LogP contribution in [-0.4, -0.2) is 5.71 Å². The Bertz CT molecular complexity index is 635. The van der Waals surface area contributed by atoms with E-state index >= 15 is 0 Å². The minimum atomic E-state index is 0.639. The molecule has 0 saturated heterocycles. The summed E-state index contributed by atoms with van der Waals surface area (Å²) in [5.41, 5.74) is 3.11. The van der Waals surface area contributed by atoms with Crippen LogP contribution in [0.3, 0.4) is 0 Å². The van der Waals surface area contributed by atoms with Gasteiger partial charge in [-0.15, -0.1) is 6.58 Å². The number of nitrogens with one attached hydrogen (secondary N) is 1. The van der Waals surface area contributed by atoms with E-state index in [0.29, 0.717) is 11.3 Å². The van der Waals surface area contributed by atoms with Crippen molar-refractivity contribution in [3.63, 3.8) is 0 Å². The molecule has 0 spiro atoms.